The number of nitrogens with zero attached hydrogens (tertiary/aromatic N) is 2. The molecule has 1 atom stereocenters. The first-order chi connectivity index (χ1) is 16.3. The number of amides is 2. The van der Waals surface area contributed by atoms with Crippen molar-refractivity contribution in [2.24, 2.45) is 5.92 Å². The van der Waals surface area contributed by atoms with E-state index in [0.29, 0.717) is 18.0 Å². The van der Waals surface area contributed by atoms with Crippen molar-refractivity contribution >= 4 is 23.5 Å². The van der Waals surface area contributed by atoms with Gasteiger partial charge in [-0.3, -0.25) is 9.59 Å². The summed E-state index contributed by atoms with van der Waals surface area (Å²) in [4.78, 5) is 39.3. The third-order valence-electron chi connectivity index (χ3n) is 4.99. The number of hydrogen-bond acceptors (Lipinski definition) is 6. The van der Waals surface area contributed by atoms with Crippen molar-refractivity contribution in [1.82, 2.24) is 5.32 Å². The summed E-state index contributed by atoms with van der Waals surface area (Å²) in [5.74, 6) is -1.03. The fourth-order valence-electron chi connectivity index (χ4n) is 3.25. The standard InChI is InChI=1S/C26H31N3O5/c1-4-33-22-13-11-21(12-14-22)29(16-8-15-27)24(31)18-34-26(32)25(19(2)3)28-23(30)17-20-9-6-5-7-10-20/h5-7,9-14,19,25H,4,8,16-18H2,1-3H3,(H,28,30). The maximum atomic E-state index is 12.8. The molecule has 0 aromatic heterocycles. The van der Waals surface area contributed by atoms with E-state index in [9.17, 15) is 14.4 Å². The zero-order valence-electron chi connectivity index (χ0n) is 19.8. The lowest BCUT2D eigenvalue weighted by Gasteiger charge is -2.24. The van der Waals surface area contributed by atoms with Gasteiger partial charge in [-0.15, -0.1) is 0 Å². The second-order valence-electron chi connectivity index (χ2n) is 7.94. The summed E-state index contributed by atoms with van der Waals surface area (Å²) in [7, 11) is 0. The minimum absolute atomic E-state index is 0.122. The highest BCUT2D eigenvalue weighted by atomic mass is 16.5. The molecule has 34 heavy (non-hydrogen) atoms. The Bertz CT molecular complexity index is 984. The molecule has 0 fully saturated rings. The van der Waals surface area contributed by atoms with Crippen LogP contribution in [0.2, 0.25) is 0 Å². The maximum Gasteiger partial charge on any atom is 0.329 e. The number of hydrogen-bond donors (Lipinski definition) is 1. The average molecular weight is 466 g/mol. The zero-order valence-corrected chi connectivity index (χ0v) is 19.8. The highest BCUT2D eigenvalue weighted by Gasteiger charge is 2.27. The number of carbonyl (C=O) groups excluding carboxylic acids is 3. The van der Waals surface area contributed by atoms with Crippen LogP contribution >= 0.6 is 0 Å². The molecule has 1 N–H and O–H groups in total. The lowest BCUT2D eigenvalue weighted by atomic mass is 10.0. The molecule has 180 valence electrons. The molecule has 0 heterocycles. The molecule has 0 radical (unpaired) electrons. The number of rotatable bonds is 12. The van der Waals surface area contributed by atoms with Crippen LogP contribution in [-0.2, 0) is 25.5 Å². The predicted octanol–water partition coefficient (Wildman–Crippen LogP) is 3.26. The van der Waals surface area contributed by atoms with Gasteiger partial charge in [0.15, 0.2) is 6.61 Å². The van der Waals surface area contributed by atoms with Crippen molar-refractivity contribution in [2.75, 3.05) is 24.7 Å². The molecule has 2 rings (SSSR count). The molecule has 2 aromatic rings. The third kappa shape index (κ3) is 8.24. The van der Waals surface area contributed by atoms with Gasteiger partial charge in [0.1, 0.15) is 11.8 Å². The highest BCUT2D eigenvalue weighted by Crippen LogP contribution is 2.20. The Morgan fingerprint density at radius 3 is 2.32 bits per heavy atom. The summed E-state index contributed by atoms with van der Waals surface area (Å²) in [6, 6.07) is 17.2. The van der Waals surface area contributed by atoms with Gasteiger partial charge in [-0.1, -0.05) is 44.2 Å². The summed E-state index contributed by atoms with van der Waals surface area (Å²) in [5, 5.41) is 11.7. The Morgan fingerprint density at radius 1 is 1.06 bits per heavy atom. The Kier molecular flexibility index (Phi) is 10.6. The predicted molar refractivity (Wildman–Crippen MR) is 128 cm³/mol. The molecule has 2 aromatic carbocycles. The van der Waals surface area contributed by atoms with E-state index in [2.05, 4.69) is 5.32 Å². The van der Waals surface area contributed by atoms with E-state index < -0.39 is 24.5 Å². The monoisotopic (exact) mass is 465 g/mol. The second-order valence-corrected chi connectivity index (χ2v) is 7.94. The minimum atomic E-state index is -0.887. The Labute approximate surface area is 200 Å². The van der Waals surface area contributed by atoms with Crippen molar-refractivity contribution in [3.63, 3.8) is 0 Å². The molecular formula is C26H31N3O5. The molecule has 2 amide bonds. The van der Waals surface area contributed by atoms with Crippen LogP contribution in [0.15, 0.2) is 54.6 Å². The van der Waals surface area contributed by atoms with E-state index in [1.54, 1.807) is 38.1 Å². The molecule has 8 nitrogen and oxygen atoms in total. The molecular weight excluding hydrogens is 434 g/mol. The maximum absolute atomic E-state index is 12.8. The van der Waals surface area contributed by atoms with Gasteiger partial charge in [0, 0.05) is 12.2 Å². The van der Waals surface area contributed by atoms with E-state index in [1.807, 2.05) is 43.3 Å². The van der Waals surface area contributed by atoms with Gasteiger partial charge in [0.2, 0.25) is 5.91 Å². The van der Waals surface area contributed by atoms with Gasteiger partial charge in [0.05, 0.1) is 25.5 Å². The molecule has 0 aliphatic rings. The summed E-state index contributed by atoms with van der Waals surface area (Å²) < 4.78 is 10.7. The van der Waals surface area contributed by atoms with E-state index in [1.165, 1.54) is 4.90 Å². The molecule has 1 unspecified atom stereocenters. The Balaban J connectivity index is 2.00. The van der Waals surface area contributed by atoms with Gasteiger partial charge < -0.3 is 19.7 Å². The van der Waals surface area contributed by atoms with Crippen LogP contribution in [-0.4, -0.2) is 43.6 Å². The van der Waals surface area contributed by atoms with Gasteiger partial charge in [-0.2, -0.15) is 5.26 Å². The minimum Gasteiger partial charge on any atom is -0.494 e. The van der Waals surface area contributed by atoms with Crippen LogP contribution in [0.5, 0.6) is 5.75 Å². The topological polar surface area (TPSA) is 109 Å². The van der Waals surface area contributed by atoms with Crippen molar-refractivity contribution in [3.8, 4) is 11.8 Å². The number of esters is 1. The summed E-state index contributed by atoms with van der Waals surface area (Å²) >= 11 is 0. The third-order valence-corrected chi connectivity index (χ3v) is 4.99. The van der Waals surface area contributed by atoms with E-state index in [4.69, 9.17) is 14.7 Å². The molecule has 0 spiro atoms. The first-order valence-electron chi connectivity index (χ1n) is 11.3. The first-order valence-corrected chi connectivity index (χ1v) is 11.3. The van der Waals surface area contributed by atoms with Gasteiger partial charge in [-0.25, -0.2) is 4.79 Å². The molecule has 0 bridgehead atoms. The van der Waals surface area contributed by atoms with E-state index in [0.717, 1.165) is 5.56 Å². The number of nitriles is 1. The molecule has 0 aliphatic heterocycles. The number of ether oxygens (including phenoxy) is 2. The van der Waals surface area contributed by atoms with Crippen LogP contribution < -0.4 is 15.0 Å². The average Bonchev–Trinajstić information content (AvgIpc) is 2.83. The Hall–Kier alpha value is -3.86. The van der Waals surface area contributed by atoms with Crippen LogP contribution in [0.4, 0.5) is 5.69 Å². The Morgan fingerprint density at radius 2 is 1.74 bits per heavy atom. The second kappa shape index (κ2) is 13.6. The smallest absolute Gasteiger partial charge is 0.329 e. The fraction of sp³-hybridized carbons (Fsp3) is 0.385. The number of nitrogens with one attached hydrogen (secondary N) is 1. The van der Waals surface area contributed by atoms with Crippen molar-refractivity contribution in [2.45, 2.75) is 39.7 Å². The summed E-state index contributed by atoms with van der Waals surface area (Å²) in [5.41, 5.74) is 1.39. The van der Waals surface area contributed by atoms with Crippen LogP contribution in [0.3, 0.4) is 0 Å². The SMILES string of the molecule is CCOc1ccc(N(CCC#N)C(=O)COC(=O)C(NC(=O)Cc2ccccc2)C(C)C)cc1. The lowest BCUT2D eigenvalue weighted by molar-refractivity contribution is -0.152. The number of anilines is 1. The molecule has 0 saturated heterocycles. The molecule has 0 saturated carbocycles. The largest absolute Gasteiger partial charge is 0.494 e. The zero-order chi connectivity index (χ0) is 24.9. The highest BCUT2D eigenvalue weighted by molar-refractivity contribution is 5.96. The van der Waals surface area contributed by atoms with Gasteiger partial charge in [-0.05, 0) is 42.7 Å². The summed E-state index contributed by atoms with van der Waals surface area (Å²) in [6.07, 6.45) is 0.257. The van der Waals surface area contributed by atoms with E-state index in [-0.39, 0.29) is 31.2 Å². The van der Waals surface area contributed by atoms with E-state index >= 15 is 0 Å². The molecule has 0 aliphatic carbocycles. The van der Waals surface area contributed by atoms with Crippen molar-refractivity contribution < 1.29 is 23.9 Å². The molecule has 8 heteroatoms. The van der Waals surface area contributed by atoms with Crippen LogP contribution in [0, 0.1) is 17.2 Å². The van der Waals surface area contributed by atoms with Crippen LogP contribution in [0.1, 0.15) is 32.8 Å². The first kappa shape index (κ1) is 26.4. The normalized spacial score (nSPS) is 11.3. The lowest BCUT2D eigenvalue weighted by Crippen LogP contribution is -2.47. The fourth-order valence-corrected chi connectivity index (χ4v) is 3.25. The van der Waals surface area contributed by atoms with Gasteiger partial charge >= 0.3 is 5.97 Å². The number of carbonyl (C=O) groups is 3. The summed E-state index contributed by atoms with van der Waals surface area (Å²) in [6.45, 7) is 5.62. The number of benzene rings is 2. The van der Waals surface area contributed by atoms with Crippen molar-refractivity contribution in [3.05, 3.63) is 60.2 Å². The van der Waals surface area contributed by atoms with Gasteiger partial charge in [0.25, 0.3) is 5.91 Å². The van der Waals surface area contributed by atoms with Crippen molar-refractivity contribution in [1.29, 1.82) is 5.26 Å². The van der Waals surface area contributed by atoms with Crippen LogP contribution in [0.25, 0.3) is 0 Å². The quantitative estimate of drug-likeness (QED) is 0.482.